The summed E-state index contributed by atoms with van der Waals surface area (Å²) in [6, 6.07) is 9.56. The summed E-state index contributed by atoms with van der Waals surface area (Å²) in [6.07, 6.45) is 7.42. The zero-order chi connectivity index (χ0) is 21.7. The van der Waals surface area contributed by atoms with Crippen LogP contribution in [0.5, 0.6) is 0 Å². The Labute approximate surface area is 216 Å². The third-order valence-electron chi connectivity index (χ3n) is 7.38. The molecule has 0 fully saturated rings. The van der Waals surface area contributed by atoms with Crippen molar-refractivity contribution >= 4 is 17.6 Å². The van der Waals surface area contributed by atoms with Crippen LogP contribution in [0.25, 0.3) is 12.2 Å². The molecule has 4 rings (SSSR count). The fourth-order valence-electron chi connectivity index (χ4n) is 5.93. The van der Waals surface area contributed by atoms with Crippen LogP contribution in [-0.4, -0.2) is 5.43 Å². The molecule has 0 saturated carbocycles. The number of rotatable bonds is 4. The maximum absolute atomic E-state index is 2.63. The van der Waals surface area contributed by atoms with Gasteiger partial charge in [-0.05, 0) is 0 Å². The van der Waals surface area contributed by atoms with E-state index in [0.717, 1.165) is 20.1 Å². The summed E-state index contributed by atoms with van der Waals surface area (Å²) in [7, 11) is 0. The van der Waals surface area contributed by atoms with Crippen LogP contribution in [0.3, 0.4) is 0 Å². The van der Waals surface area contributed by atoms with E-state index in [9.17, 15) is 0 Å². The van der Waals surface area contributed by atoms with Crippen LogP contribution < -0.4 is 24.8 Å². The molecule has 2 atom stereocenters. The van der Waals surface area contributed by atoms with Crippen molar-refractivity contribution in [2.75, 3.05) is 0 Å². The van der Waals surface area contributed by atoms with E-state index in [1.165, 1.54) is 11.1 Å². The first-order valence-electron chi connectivity index (χ1n) is 11.6. The van der Waals surface area contributed by atoms with Crippen LogP contribution in [0.2, 0.25) is 13.1 Å². The van der Waals surface area contributed by atoms with E-state index < -0.39 is 20.4 Å². The Morgan fingerprint density at radius 2 is 1.06 bits per heavy atom. The normalized spacial score (nSPS) is 17.8. The van der Waals surface area contributed by atoms with Crippen molar-refractivity contribution in [3.8, 4) is 0 Å². The van der Waals surface area contributed by atoms with Crippen LogP contribution in [0, 0.1) is 13.8 Å². The zero-order valence-corrected chi connectivity index (χ0v) is 25.8. The van der Waals surface area contributed by atoms with Gasteiger partial charge in [0.25, 0.3) is 0 Å². The topological polar surface area (TPSA) is 0 Å². The summed E-state index contributed by atoms with van der Waals surface area (Å²) >= 11 is -1.92. The first-order chi connectivity index (χ1) is 14.3. The summed E-state index contributed by atoms with van der Waals surface area (Å²) in [5.74, 6) is 0. The summed E-state index contributed by atoms with van der Waals surface area (Å²) in [4.78, 5) is 0. The minimum atomic E-state index is -1.92. The van der Waals surface area contributed by atoms with Gasteiger partial charge in [-0.2, -0.15) is 0 Å². The molecule has 0 radical (unpaired) electrons. The van der Waals surface area contributed by atoms with E-state index in [0.29, 0.717) is 0 Å². The van der Waals surface area contributed by atoms with Crippen molar-refractivity contribution < 1.29 is 45.2 Å². The van der Waals surface area contributed by atoms with E-state index in [4.69, 9.17) is 0 Å². The number of hydrogen-bond donors (Lipinski definition) is 0. The Bertz CT molecular complexity index is 1050. The van der Waals surface area contributed by atoms with E-state index in [-0.39, 0.29) is 30.2 Å². The second kappa shape index (κ2) is 10.9. The third kappa shape index (κ3) is 4.47. The smallest absolute Gasteiger partial charge is 1.00 e. The summed E-state index contributed by atoms with van der Waals surface area (Å²) in [5.41, 5.74) is 15.7. The number of benzene rings is 2. The van der Waals surface area contributed by atoms with E-state index in [1.54, 1.807) is 44.5 Å². The van der Waals surface area contributed by atoms with E-state index in [1.807, 2.05) is 0 Å². The van der Waals surface area contributed by atoms with E-state index >= 15 is 0 Å². The Morgan fingerprint density at radius 3 is 1.38 bits per heavy atom. The maximum atomic E-state index is 2.63. The van der Waals surface area contributed by atoms with Gasteiger partial charge in [0.2, 0.25) is 0 Å². The molecule has 2 aliphatic rings. The number of hydrogen-bond acceptors (Lipinski definition) is 0. The van der Waals surface area contributed by atoms with Crippen LogP contribution in [-0.2, 0) is 33.2 Å². The molecule has 32 heavy (non-hydrogen) atoms. The second-order valence-corrected chi connectivity index (χ2v) is 27.4. The molecule has 2 aromatic rings. The SMILES string of the molecule is CCc1ccc(C)c2c1C=C(C)[CH]2[Zr+2]([CH]1C(C)=Cc2c(CC)ccc(C)c21)=[Si](C)C.[Cl-].[Cl-]. The van der Waals surface area contributed by atoms with Crippen molar-refractivity contribution in [3.63, 3.8) is 0 Å². The van der Waals surface area contributed by atoms with Crippen molar-refractivity contribution in [2.45, 2.75) is 74.7 Å². The number of halogens is 2. The van der Waals surface area contributed by atoms with Gasteiger partial charge in [0.1, 0.15) is 0 Å². The van der Waals surface area contributed by atoms with Crippen molar-refractivity contribution in [2.24, 2.45) is 0 Å². The molecule has 2 unspecified atom stereocenters. The van der Waals surface area contributed by atoms with Gasteiger partial charge >= 0.3 is 193 Å². The van der Waals surface area contributed by atoms with Crippen LogP contribution in [0.4, 0.5) is 0 Å². The molecule has 0 aromatic heterocycles. The molecule has 0 nitrogen and oxygen atoms in total. The predicted molar refractivity (Wildman–Crippen MR) is 131 cm³/mol. The number of fused-ring (bicyclic) bond motifs is 2. The molecule has 170 valence electrons. The first-order valence-corrected chi connectivity index (χ1v) is 20.6. The zero-order valence-electron chi connectivity index (χ0n) is 20.8. The molecule has 2 aliphatic carbocycles. The molecule has 0 spiro atoms. The minimum absolute atomic E-state index is 0. The standard InChI is InChI=1S/2C13H15.C2H6Si.2ClH.Zr/c2*1-4-11-6-5-10(3)12-7-9(2)8-13(11)12;1-3-2;;;/h2*5-8H,4H2,1-3H3;1-2H3;2*1H;/q;;;;;+2/p-2. The van der Waals surface area contributed by atoms with Gasteiger partial charge in [0.05, 0.1) is 0 Å². The molecule has 0 bridgehead atoms. The largest absolute Gasteiger partial charge is 1.00 e. The van der Waals surface area contributed by atoms with E-state index in [2.05, 4.69) is 91.1 Å². The summed E-state index contributed by atoms with van der Waals surface area (Å²) < 4.78 is 1.50. The van der Waals surface area contributed by atoms with Crippen molar-refractivity contribution in [1.82, 2.24) is 0 Å². The van der Waals surface area contributed by atoms with Gasteiger partial charge < -0.3 is 24.8 Å². The fraction of sp³-hybridized carbons (Fsp3) is 0.429. The van der Waals surface area contributed by atoms with Crippen molar-refractivity contribution in [3.05, 3.63) is 79.9 Å². The minimum Gasteiger partial charge on any atom is -1.00 e. The van der Waals surface area contributed by atoms with Gasteiger partial charge in [0.15, 0.2) is 0 Å². The second-order valence-electron chi connectivity index (χ2n) is 9.54. The Hall–Kier alpha value is -0.400. The molecule has 0 saturated heterocycles. The number of aryl methyl sites for hydroxylation is 4. The molecule has 0 aliphatic heterocycles. The maximum Gasteiger partial charge on any atom is -1.00 e. The van der Waals surface area contributed by atoms with Gasteiger partial charge in [-0.1, -0.05) is 0 Å². The molecule has 2 aromatic carbocycles. The summed E-state index contributed by atoms with van der Waals surface area (Å²) in [6.45, 7) is 19.5. The summed E-state index contributed by atoms with van der Waals surface area (Å²) in [5, 5.41) is 0. The van der Waals surface area contributed by atoms with Crippen LogP contribution >= 0.6 is 0 Å². The third-order valence-corrected chi connectivity index (χ3v) is 27.2. The molecular weight excluding hydrogens is 527 g/mol. The monoisotopic (exact) mass is 560 g/mol. The quantitative estimate of drug-likeness (QED) is 0.500. The van der Waals surface area contributed by atoms with Gasteiger partial charge in [-0.25, -0.2) is 0 Å². The predicted octanol–water partition coefficient (Wildman–Crippen LogP) is 1.92. The Balaban J connectivity index is 0.00000181. The Morgan fingerprint density at radius 1 is 0.688 bits per heavy atom. The molecule has 0 N–H and O–H groups in total. The van der Waals surface area contributed by atoms with Crippen LogP contribution in [0.15, 0.2) is 35.4 Å². The molecule has 0 heterocycles. The molecule has 4 heteroatoms. The Kier molecular flexibility index (Phi) is 9.48. The average Bonchev–Trinajstić information content (AvgIpc) is 3.22. The van der Waals surface area contributed by atoms with Crippen molar-refractivity contribution in [1.29, 1.82) is 0 Å². The average molecular weight is 563 g/mol. The van der Waals surface area contributed by atoms with Gasteiger partial charge in [0, 0.05) is 0 Å². The molecular formula is C28H36Cl2SiZr. The molecule has 0 amide bonds. The van der Waals surface area contributed by atoms with Crippen LogP contribution in [0.1, 0.15) is 79.5 Å². The number of allylic oxidation sites excluding steroid dienone is 2. The first kappa shape index (κ1) is 27.8. The van der Waals surface area contributed by atoms with Gasteiger partial charge in [-0.3, -0.25) is 0 Å². The van der Waals surface area contributed by atoms with Gasteiger partial charge in [-0.15, -0.1) is 0 Å². The fourth-order valence-corrected chi connectivity index (χ4v) is 27.1.